The molecule has 1 aliphatic heterocycles. The molecule has 0 saturated carbocycles. The Kier molecular flexibility index (Phi) is 4.39. The zero-order chi connectivity index (χ0) is 14.7. The van der Waals surface area contributed by atoms with E-state index < -0.39 is 6.04 Å². The highest BCUT2D eigenvalue weighted by molar-refractivity contribution is 6.03. The van der Waals surface area contributed by atoms with E-state index in [0.29, 0.717) is 18.7 Å². The first-order valence-electron chi connectivity index (χ1n) is 6.96. The molecule has 0 aromatic heterocycles. The van der Waals surface area contributed by atoms with E-state index >= 15 is 0 Å². The first kappa shape index (κ1) is 14.5. The molecule has 3 N–H and O–H groups in total. The highest BCUT2D eigenvalue weighted by Gasteiger charge is 2.25. The first-order valence-corrected chi connectivity index (χ1v) is 6.96. The molecule has 0 aliphatic carbocycles. The summed E-state index contributed by atoms with van der Waals surface area (Å²) in [6.45, 7) is 4.50. The molecule has 0 radical (unpaired) electrons. The largest absolute Gasteiger partial charge is 0.323 e. The van der Waals surface area contributed by atoms with E-state index in [0.717, 1.165) is 12.1 Å². The molecule has 1 unspecified atom stereocenters. The lowest BCUT2D eigenvalue weighted by molar-refractivity contribution is -0.118. The summed E-state index contributed by atoms with van der Waals surface area (Å²) in [5, 5.41) is 2.83. The minimum Gasteiger partial charge on any atom is -0.323 e. The van der Waals surface area contributed by atoms with Gasteiger partial charge in [-0.2, -0.15) is 0 Å². The van der Waals surface area contributed by atoms with Gasteiger partial charge in [0.1, 0.15) is 0 Å². The van der Waals surface area contributed by atoms with Gasteiger partial charge in [-0.1, -0.05) is 26.0 Å². The van der Waals surface area contributed by atoms with Gasteiger partial charge in [-0.3, -0.25) is 9.59 Å². The molecule has 0 spiro atoms. The molecule has 5 nitrogen and oxygen atoms in total. The molecule has 1 aliphatic rings. The number of hydrogen-bond donors (Lipinski definition) is 2. The minimum absolute atomic E-state index is 0.0654. The molecule has 2 rings (SSSR count). The molecule has 2 amide bonds. The zero-order valence-corrected chi connectivity index (χ0v) is 11.9. The van der Waals surface area contributed by atoms with Crippen LogP contribution in [0.15, 0.2) is 24.3 Å². The summed E-state index contributed by atoms with van der Waals surface area (Å²) in [6, 6.07) is 6.78. The number of amides is 2. The maximum absolute atomic E-state index is 12.1. The second-order valence-corrected chi connectivity index (χ2v) is 5.43. The maximum Gasteiger partial charge on any atom is 0.241 e. The fourth-order valence-corrected chi connectivity index (χ4v) is 2.24. The number of rotatable bonds is 4. The number of carbonyl (C=O) groups excluding carboxylic acids is 2. The number of hydrogen-bond acceptors (Lipinski definition) is 3. The Balaban J connectivity index is 2.20. The molecule has 1 fully saturated rings. The average Bonchev–Trinajstić information content (AvgIpc) is 2.84. The van der Waals surface area contributed by atoms with Crippen LogP contribution < -0.4 is 16.0 Å². The summed E-state index contributed by atoms with van der Waals surface area (Å²) in [4.78, 5) is 25.6. The standard InChI is InChI=1S/C15H21N3O2/c1-10(2)14(16)15(20)17-11-6-3-4-7-12(11)18-9-5-8-13(18)19/h3-4,6-7,10,14H,5,8-9,16H2,1-2H3,(H,17,20). The zero-order valence-electron chi connectivity index (χ0n) is 11.9. The lowest BCUT2D eigenvalue weighted by atomic mass is 10.0. The normalized spacial score (nSPS) is 16.6. The van der Waals surface area contributed by atoms with Crippen LogP contribution in [0.1, 0.15) is 26.7 Å². The van der Waals surface area contributed by atoms with Crippen LogP contribution >= 0.6 is 0 Å². The van der Waals surface area contributed by atoms with E-state index in [1.807, 2.05) is 32.0 Å². The van der Waals surface area contributed by atoms with Crippen molar-refractivity contribution in [3.63, 3.8) is 0 Å². The lowest BCUT2D eigenvalue weighted by Gasteiger charge is -2.21. The lowest BCUT2D eigenvalue weighted by Crippen LogP contribution is -2.40. The fourth-order valence-electron chi connectivity index (χ4n) is 2.24. The summed E-state index contributed by atoms with van der Waals surface area (Å²) >= 11 is 0. The number of para-hydroxylation sites is 2. The molecule has 1 heterocycles. The van der Waals surface area contributed by atoms with E-state index in [-0.39, 0.29) is 17.7 Å². The van der Waals surface area contributed by atoms with Gasteiger partial charge in [-0.05, 0) is 24.5 Å². The molecule has 1 atom stereocenters. The van der Waals surface area contributed by atoms with Gasteiger partial charge in [0.2, 0.25) is 11.8 Å². The Hall–Kier alpha value is -1.88. The van der Waals surface area contributed by atoms with Crippen LogP contribution in [0.25, 0.3) is 0 Å². The summed E-state index contributed by atoms with van der Waals surface area (Å²) in [5.41, 5.74) is 7.24. The summed E-state index contributed by atoms with van der Waals surface area (Å²) in [6.07, 6.45) is 1.42. The van der Waals surface area contributed by atoms with E-state index in [1.165, 1.54) is 0 Å². The molecule has 1 saturated heterocycles. The van der Waals surface area contributed by atoms with Crippen molar-refractivity contribution >= 4 is 23.2 Å². The van der Waals surface area contributed by atoms with Crippen LogP contribution in [0.2, 0.25) is 0 Å². The van der Waals surface area contributed by atoms with Gasteiger partial charge in [0.25, 0.3) is 0 Å². The smallest absolute Gasteiger partial charge is 0.241 e. The van der Waals surface area contributed by atoms with Crippen LogP contribution in [0.4, 0.5) is 11.4 Å². The van der Waals surface area contributed by atoms with Crippen molar-refractivity contribution in [3.05, 3.63) is 24.3 Å². The Morgan fingerprint density at radius 3 is 2.65 bits per heavy atom. The molecule has 1 aromatic rings. The third-order valence-electron chi connectivity index (χ3n) is 3.55. The van der Waals surface area contributed by atoms with Crippen LogP contribution in [0, 0.1) is 5.92 Å². The number of carbonyl (C=O) groups is 2. The Morgan fingerprint density at radius 2 is 2.05 bits per heavy atom. The van der Waals surface area contributed by atoms with Crippen molar-refractivity contribution in [2.24, 2.45) is 11.7 Å². The quantitative estimate of drug-likeness (QED) is 0.878. The van der Waals surface area contributed by atoms with Gasteiger partial charge in [0.15, 0.2) is 0 Å². The van der Waals surface area contributed by atoms with Crippen LogP contribution in [-0.4, -0.2) is 24.4 Å². The third kappa shape index (κ3) is 2.99. The van der Waals surface area contributed by atoms with Crippen molar-refractivity contribution in [2.75, 3.05) is 16.8 Å². The van der Waals surface area contributed by atoms with E-state index in [1.54, 1.807) is 11.0 Å². The molecular formula is C15H21N3O2. The van der Waals surface area contributed by atoms with Crippen molar-refractivity contribution in [1.82, 2.24) is 0 Å². The highest BCUT2D eigenvalue weighted by atomic mass is 16.2. The average molecular weight is 275 g/mol. The Labute approximate surface area is 119 Å². The topological polar surface area (TPSA) is 75.4 Å². The molecule has 20 heavy (non-hydrogen) atoms. The SMILES string of the molecule is CC(C)C(N)C(=O)Nc1ccccc1N1CCCC1=O. The Morgan fingerprint density at radius 1 is 1.35 bits per heavy atom. The van der Waals surface area contributed by atoms with Gasteiger partial charge in [0.05, 0.1) is 17.4 Å². The van der Waals surface area contributed by atoms with E-state index in [2.05, 4.69) is 5.32 Å². The molecule has 108 valence electrons. The van der Waals surface area contributed by atoms with Gasteiger partial charge in [-0.15, -0.1) is 0 Å². The van der Waals surface area contributed by atoms with E-state index in [9.17, 15) is 9.59 Å². The van der Waals surface area contributed by atoms with Gasteiger partial charge >= 0.3 is 0 Å². The summed E-state index contributed by atoms with van der Waals surface area (Å²) in [5.74, 6) is -0.0606. The Bertz CT molecular complexity index is 514. The van der Waals surface area contributed by atoms with Gasteiger partial charge < -0.3 is 16.0 Å². The second-order valence-electron chi connectivity index (χ2n) is 5.43. The van der Waals surface area contributed by atoms with Crippen LogP contribution in [0.5, 0.6) is 0 Å². The molecule has 0 bridgehead atoms. The molecular weight excluding hydrogens is 254 g/mol. The monoisotopic (exact) mass is 275 g/mol. The molecule has 1 aromatic carbocycles. The number of anilines is 2. The highest BCUT2D eigenvalue weighted by Crippen LogP contribution is 2.29. The van der Waals surface area contributed by atoms with Crippen LogP contribution in [0.3, 0.4) is 0 Å². The summed E-state index contributed by atoms with van der Waals surface area (Å²) in [7, 11) is 0. The van der Waals surface area contributed by atoms with Crippen molar-refractivity contribution in [1.29, 1.82) is 0 Å². The number of nitrogens with one attached hydrogen (secondary N) is 1. The fraction of sp³-hybridized carbons (Fsp3) is 0.467. The minimum atomic E-state index is -0.558. The first-order chi connectivity index (χ1) is 9.50. The number of nitrogens with zero attached hydrogens (tertiary/aromatic N) is 1. The third-order valence-corrected chi connectivity index (χ3v) is 3.55. The second kappa shape index (κ2) is 6.05. The maximum atomic E-state index is 12.1. The van der Waals surface area contributed by atoms with Crippen LogP contribution in [-0.2, 0) is 9.59 Å². The molecule has 5 heteroatoms. The van der Waals surface area contributed by atoms with E-state index in [4.69, 9.17) is 5.73 Å². The van der Waals surface area contributed by atoms with Gasteiger partial charge in [0, 0.05) is 13.0 Å². The summed E-state index contributed by atoms with van der Waals surface area (Å²) < 4.78 is 0. The predicted molar refractivity (Wildman–Crippen MR) is 79.5 cm³/mol. The number of benzene rings is 1. The van der Waals surface area contributed by atoms with Gasteiger partial charge in [-0.25, -0.2) is 0 Å². The predicted octanol–water partition coefficient (Wildman–Crippen LogP) is 1.74. The number of nitrogens with two attached hydrogens (primary N) is 1. The van der Waals surface area contributed by atoms with Crippen molar-refractivity contribution < 1.29 is 9.59 Å². The van der Waals surface area contributed by atoms with Crippen molar-refractivity contribution in [3.8, 4) is 0 Å². The van der Waals surface area contributed by atoms with Crippen molar-refractivity contribution in [2.45, 2.75) is 32.7 Å².